The second kappa shape index (κ2) is 10.5. The smallest absolute Gasteiger partial charge is 0.262 e. The molecule has 1 aliphatic heterocycles. The largest absolute Gasteiger partial charge is 0.310 e. The van der Waals surface area contributed by atoms with E-state index in [1.165, 1.54) is 55.5 Å². The molecule has 0 N–H and O–H groups in total. The van der Waals surface area contributed by atoms with Crippen molar-refractivity contribution in [3.05, 3.63) is 183 Å². The van der Waals surface area contributed by atoms with Crippen molar-refractivity contribution in [1.29, 1.82) is 0 Å². The molecule has 7 aromatic rings. The fraction of sp³-hybridized carbons (Fsp3) is 0.133. The highest BCUT2D eigenvalue weighted by atomic mass is 28.3. The molecule has 1 spiro atoms. The van der Waals surface area contributed by atoms with Gasteiger partial charge in [0.1, 0.15) is 0 Å². The minimum Gasteiger partial charge on any atom is -0.310 e. The highest BCUT2D eigenvalue weighted by Crippen LogP contribution is 2.63. The van der Waals surface area contributed by atoms with Gasteiger partial charge in [-0.1, -0.05) is 121 Å². The van der Waals surface area contributed by atoms with Crippen LogP contribution in [0.25, 0.3) is 27.6 Å². The summed E-state index contributed by atoms with van der Waals surface area (Å²) in [4.78, 5) is 16.3. The summed E-state index contributed by atoms with van der Waals surface area (Å²) >= 11 is 0. The van der Waals surface area contributed by atoms with E-state index >= 15 is 0 Å². The molecular formula is C45H38N2OSi. The highest BCUT2D eigenvalue weighted by Gasteiger charge is 2.52. The average Bonchev–Trinajstić information content (AvgIpc) is 3.41. The average molecular weight is 651 g/mol. The summed E-state index contributed by atoms with van der Waals surface area (Å²) in [6.07, 6.45) is 1.98. The second-order valence-corrected chi connectivity index (χ2v) is 19.8. The van der Waals surface area contributed by atoms with Gasteiger partial charge in [0.25, 0.3) is 5.56 Å². The van der Waals surface area contributed by atoms with Gasteiger partial charge in [-0.2, -0.15) is 0 Å². The van der Waals surface area contributed by atoms with Gasteiger partial charge in [-0.05, 0) is 101 Å². The summed E-state index contributed by atoms with van der Waals surface area (Å²) < 4.78 is 1.77. The molecule has 0 saturated heterocycles. The summed E-state index contributed by atoms with van der Waals surface area (Å²) in [6.45, 7) is 11.6. The Morgan fingerprint density at radius 3 is 1.84 bits per heavy atom. The van der Waals surface area contributed by atoms with E-state index in [2.05, 4.69) is 135 Å². The van der Waals surface area contributed by atoms with Crippen molar-refractivity contribution in [2.24, 2.45) is 0 Å². The molecule has 2 aliphatic rings. The van der Waals surface area contributed by atoms with Crippen LogP contribution in [-0.4, -0.2) is 12.6 Å². The summed E-state index contributed by atoms with van der Waals surface area (Å²) in [7, 11) is -1.69. The molecule has 0 fully saturated rings. The summed E-state index contributed by atoms with van der Waals surface area (Å²) in [5.74, 6) is 0. The van der Waals surface area contributed by atoms with Gasteiger partial charge in [-0.3, -0.25) is 9.36 Å². The van der Waals surface area contributed by atoms with Gasteiger partial charge in [-0.25, -0.2) is 0 Å². The van der Waals surface area contributed by atoms with Crippen LogP contribution in [-0.2, 0) is 5.41 Å². The van der Waals surface area contributed by atoms with Gasteiger partial charge < -0.3 is 4.90 Å². The van der Waals surface area contributed by atoms with Crippen molar-refractivity contribution in [3.63, 3.8) is 0 Å². The first kappa shape index (κ1) is 29.7. The van der Waals surface area contributed by atoms with Crippen molar-refractivity contribution in [2.45, 2.75) is 38.9 Å². The third-order valence-electron chi connectivity index (χ3n) is 10.7. The van der Waals surface area contributed by atoms with Gasteiger partial charge in [-0.15, -0.1) is 0 Å². The van der Waals surface area contributed by atoms with Crippen LogP contribution >= 0.6 is 0 Å². The number of aromatic nitrogens is 1. The molecule has 4 heteroatoms. The lowest BCUT2D eigenvalue weighted by Gasteiger charge is -2.45. The van der Waals surface area contributed by atoms with Crippen molar-refractivity contribution in [1.82, 2.24) is 4.57 Å². The van der Waals surface area contributed by atoms with Crippen LogP contribution in [0.5, 0.6) is 0 Å². The van der Waals surface area contributed by atoms with Gasteiger partial charge in [0, 0.05) is 23.0 Å². The molecular weight excluding hydrogens is 613 g/mol. The third kappa shape index (κ3) is 4.17. The van der Waals surface area contributed by atoms with Gasteiger partial charge in [0.05, 0.1) is 24.9 Å². The van der Waals surface area contributed by atoms with E-state index in [1.54, 1.807) is 4.57 Å². The van der Waals surface area contributed by atoms with Crippen LogP contribution in [0.15, 0.2) is 144 Å². The first-order valence-electron chi connectivity index (χ1n) is 17.1. The monoisotopic (exact) mass is 650 g/mol. The topological polar surface area (TPSA) is 25.2 Å². The maximum absolute atomic E-state index is 13.9. The zero-order valence-corrected chi connectivity index (χ0v) is 29.6. The molecule has 2 heterocycles. The van der Waals surface area contributed by atoms with Crippen LogP contribution in [0.3, 0.4) is 0 Å². The minimum absolute atomic E-state index is 0.00804. The fourth-order valence-corrected chi connectivity index (χ4v) is 9.59. The predicted octanol–water partition coefficient (Wildman–Crippen LogP) is 10.3. The van der Waals surface area contributed by atoms with Gasteiger partial charge in [0.15, 0.2) is 0 Å². The number of hydrogen-bond acceptors (Lipinski definition) is 2. The van der Waals surface area contributed by atoms with E-state index in [0.29, 0.717) is 0 Å². The number of nitrogens with zero attached hydrogens (tertiary/aromatic N) is 2. The molecule has 238 valence electrons. The van der Waals surface area contributed by atoms with Crippen LogP contribution in [0.2, 0.25) is 19.6 Å². The van der Waals surface area contributed by atoms with Crippen molar-refractivity contribution in [3.8, 4) is 16.8 Å². The Hall–Kier alpha value is -5.45. The number of hydrogen-bond donors (Lipinski definition) is 0. The van der Waals surface area contributed by atoms with Gasteiger partial charge >= 0.3 is 0 Å². The zero-order chi connectivity index (χ0) is 33.7. The quantitative estimate of drug-likeness (QED) is 0.178. The predicted molar refractivity (Wildman–Crippen MR) is 208 cm³/mol. The van der Waals surface area contributed by atoms with E-state index in [4.69, 9.17) is 0 Å². The molecule has 3 nitrogen and oxygen atoms in total. The Morgan fingerprint density at radius 1 is 0.551 bits per heavy atom. The Kier molecular flexibility index (Phi) is 6.37. The van der Waals surface area contributed by atoms with E-state index < -0.39 is 13.5 Å². The molecule has 0 unspecified atom stereocenters. The molecule has 49 heavy (non-hydrogen) atoms. The highest BCUT2D eigenvalue weighted by molar-refractivity contribution is 6.88. The maximum Gasteiger partial charge on any atom is 0.262 e. The molecule has 6 aromatic carbocycles. The minimum atomic E-state index is -1.69. The summed E-state index contributed by atoms with van der Waals surface area (Å²) in [6, 6.07) is 48.5. The Balaban J connectivity index is 1.36. The lowest BCUT2D eigenvalue weighted by Crippen LogP contribution is -2.42. The Morgan fingerprint density at radius 2 is 1.16 bits per heavy atom. The first-order chi connectivity index (χ1) is 23.7. The summed E-state index contributed by atoms with van der Waals surface area (Å²) in [5, 5.41) is 3.14. The molecule has 0 atom stereocenters. The number of benzene rings is 6. The molecule has 1 aromatic heterocycles. The van der Waals surface area contributed by atoms with Crippen molar-refractivity contribution < 1.29 is 0 Å². The van der Waals surface area contributed by atoms with E-state index in [1.807, 2.05) is 42.6 Å². The SMILES string of the molecule is Cc1ccc2c(c1)C1(c3ccccc3-c3ccccc31)c1cc([Si](C)(C)C)ccc1N2c1ccc2c(=O)n(-c3ccccc3)cc(C)c2c1. The van der Waals surface area contributed by atoms with Crippen LogP contribution in [0.4, 0.5) is 17.1 Å². The third-order valence-corrected chi connectivity index (χ3v) is 12.8. The number of fused-ring (bicyclic) bond motifs is 10. The summed E-state index contributed by atoms with van der Waals surface area (Å²) in [5.41, 5.74) is 14.0. The first-order valence-corrected chi connectivity index (χ1v) is 20.6. The standard InChI is InChI=1S/C45H38N2OSi/c1-29-19-23-42-40(25-29)45(38-17-11-9-15-34(38)35-16-10-12-18-39(35)45)41-27-33(49(3,4)5)21-24-43(41)47(42)32-20-22-36-37(26-32)30(2)28-46(44(36)48)31-13-7-6-8-14-31/h6-28H,1-5H3. The number of aryl methyl sites for hydroxylation is 2. The molecule has 0 saturated carbocycles. The van der Waals surface area contributed by atoms with E-state index in [-0.39, 0.29) is 5.56 Å². The Labute approximate surface area is 288 Å². The lowest BCUT2D eigenvalue weighted by molar-refractivity contribution is 0.752. The molecule has 9 rings (SSSR count). The van der Waals surface area contributed by atoms with Crippen LogP contribution < -0.4 is 15.6 Å². The lowest BCUT2D eigenvalue weighted by atomic mass is 9.64. The number of pyridine rings is 1. The second-order valence-electron chi connectivity index (χ2n) is 14.7. The number of para-hydroxylation sites is 1. The molecule has 0 bridgehead atoms. The van der Waals surface area contributed by atoms with E-state index in [0.717, 1.165) is 27.7 Å². The van der Waals surface area contributed by atoms with Crippen LogP contribution in [0, 0.1) is 13.8 Å². The van der Waals surface area contributed by atoms with E-state index in [9.17, 15) is 4.79 Å². The fourth-order valence-electron chi connectivity index (χ4n) is 8.43. The van der Waals surface area contributed by atoms with Gasteiger partial charge in [0.2, 0.25) is 0 Å². The number of anilines is 3. The maximum atomic E-state index is 13.9. The normalized spacial score (nSPS) is 14.0. The zero-order valence-electron chi connectivity index (χ0n) is 28.6. The molecule has 0 radical (unpaired) electrons. The van der Waals surface area contributed by atoms with Crippen molar-refractivity contribution in [2.75, 3.05) is 4.90 Å². The Bertz CT molecular complexity index is 2490. The number of rotatable bonds is 3. The molecule has 0 amide bonds. The van der Waals surface area contributed by atoms with Crippen LogP contribution in [0.1, 0.15) is 33.4 Å². The van der Waals surface area contributed by atoms with Crippen molar-refractivity contribution >= 4 is 41.1 Å². The molecule has 1 aliphatic carbocycles.